The van der Waals surface area contributed by atoms with Gasteiger partial charge in [0.2, 0.25) is 5.16 Å². The number of aliphatic hydroxyl groups excluding tert-OH is 1. The molecule has 2 aliphatic heterocycles. The van der Waals surface area contributed by atoms with Gasteiger partial charge in [-0.05, 0) is 12.5 Å². The van der Waals surface area contributed by atoms with E-state index in [0.29, 0.717) is 28.1 Å². The van der Waals surface area contributed by atoms with Gasteiger partial charge in [-0.25, -0.2) is 9.78 Å². The summed E-state index contributed by atoms with van der Waals surface area (Å²) in [6, 6.07) is 0. The molecule has 8 nitrogen and oxygen atoms in total. The number of aromatic amines is 1. The van der Waals surface area contributed by atoms with Crippen LogP contribution in [0.25, 0.3) is 0 Å². The number of β-lactam (4-membered cyclic amide) rings is 1. The van der Waals surface area contributed by atoms with Gasteiger partial charge in [0.1, 0.15) is 16.9 Å². The number of hydrogen-bond acceptors (Lipinski definition) is 7. The summed E-state index contributed by atoms with van der Waals surface area (Å²) in [4.78, 5) is 28.4. The van der Waals surface area contributed by atoms with E-state index in [1.165, 1.54) is 28.4 Å². The highest BCUT2D eigenvalue weighted by Gasteiger charge is 2.52. The van der Waals surface area contributed by atoms with Crippen molar-refractivity contribution in [3.05, 3.63) is 17.1 Å². The Balaban J connectivity index is 1.81. The zero-order valence-electron chi connectivity index (χ0n) is 10.9. The molecular formula is C11H12N4O4S2. The van der Waals surface area contributed by atoms with Gasteiger partial charge in [-0.15, -0.1) is 16.9 Å². The number of rotatable bonds is 4. The molecule has 112 valence electrons. The van der Waals surface area contributed by atoms with Crippen molar-refractivity contribution in [3.63, 3.8) is 0 Å². The van der Waals surface area contributed by atoms with Crippen molar-refractivity contribution < 1.29 is 19.8 Å². The molecule has 21 heavy (non-hydrogen) atoms. The zero-order valence-corrected chi connectivity index (χ0v) is 12.6. The number of H-pyrrole nitrogens is 1. The molecule has 1 amide bonds. The summed E-state index contributed by atoms with van der Waals surface area (Å²) >= 11 is 2.68. The van der Waals surface area contributed by atoms with Crippen LogP contribution < -0.4 is 0 Å². The van der Waals surface area contributed by atoms with Gasteiger partial charge in [0.05, 0.1) is 0 Å². The molecule has 1 saturated heterocycles. The maximum Gasteiger partial charge on any atom is 0.352 e. The fourth-order valence-electron chi connectivity index (χ4n) is 2.18. The molecular weight excluding hydrogens is 316 g/mol. The van der Waals surface area contributed by atoms with Gasteiger partial charge in [-0.2, -0.15) is 0 Å². The highest BCUT2D eigenvalue weighted by atomic mass is 32.2. The summed E-state index contributed by atoms with van der Waals surface area (Å²) in [5.74, 6) is -0.172. The Morgan fingerprint density at radius 3 is 3.00 bits per heavy atom. The number of aliphatic carboxylic acids is 1. The molecule has 0 radical (unpaired) electrons. The lowest BCUT2D eigenvalue weighted by Crippen LogP contribution is -2.64. The van der Waals surface area contributed by atoms with Crippen molar-refractivity contribution in [2.24, 2.45) is 0 Å². The summed E-state index contributed by atoms with van der Waals surface area (Å²) in [5, 5.41) is 25.6. The second-order valence-electron chi connectivity index (χ2n) is 4.60. The van der Waals surface area contributed by atoms with E-state index in [1.54, 1.807) is 6.92 Å². The van der Waals surface area contributed by atoms with Crippen molar-refractivity contribution in [3.8, 4) is 0 Å². The number of carbonyl (C=O) groups is 2. The third-order valence-electron chi connectivity index (χ3n) is 3.17. The van der Waals surface area contributed by atoms with Crippen LogP contribution in [0.1, 0.15) is 5.82 Å². The quantitative estimate of drug-likeness (QED) is 0.514. The monoisotopic (exact) mass is 328 g/mol. The number of fused-ring (bicyclic) bond motifs is 1. The average molecular weight is 328 g/mol. The Labute approximate surface area is 128 Å². The Hall–Kier alpha value is -1.52. The van der Waals surface area contributed by atoms with Crippen LogP contribution in [0.2, 0.25) is 0 Å². The van der Waals surface area contributed by atoms with Crippen molar-refractivity contribution in [2.75, 3.05) is 11.5 Å². The Bertz CT molecular complexity index is 644. The highest BCUT2D eigenvalue weighted by Crippen LogP contribution is 2.41. The number of carboxylic acids is 1. The smallest absolute Gasteiger partial charge is 0.352 e. The van der Waals surface area contributed by atoms with Crippen LogP contribution in [0.4, 0.5) is 0 Å². The van der Waals surface area contributed by atoms with E-state index in [-0.39, 0.29) is 5.70 Å². The maximum atomic E-state index is 11.7. The first-order valence-electron chi connectivity index (χ1n) is 6.09. The number of thioether (sulfide) groups is 2. The van der Waals surface area contributed by atoms with Gasteiger partial charge in [0.15, 0.2) is 6.10 Å². The maximum absolute atomic E-state index is 11.7. The first-order valence-corrected chi connectivity index (χ1v) is 8.12. The van der Waals surface area contributed by atoms with Crippen LogP contribution in [0.3, 0.4) is 0 Å². The molecule has 0 aromatic carbocycles. The predicted molar refractivity (Wildman–Crippen MR) is 75.6 cm³/mol. The molecule has 2 aliphatic rings. The normalized spacial score (nSPS) is 24.9. The van der Waals surface area contributed by atoms with Crippen molar-refractivity contribution in [2.45, 2.75) is 23.6 Å². The van der Waals surface area contributed by atoms with Crippen molar-refractivity contribution in [1.82, 2.24) is 20.1 Å². The number of aromatic nitrogens is 3. The topological polar surface area (TPSA) is 119 Å². The van der Waals surface area contributed by atoms with E-state index < -0.39 is 23.4 Å². The summed E-state index contributed by atoms with van der Waals surface area (Å²) in [7, 11) is 0. The largest absolute Gasteiger partial charge is 0.477 e. The Morgan fingerprint density at radius 2 is 2.38 bits per heavy atom. The molecule has 3 N–H and O–H groups in total. The third kappa shape index (κ3) is 2.43. The van der Waals surface area contributed by atoms with Crippen molar-refractivity contribution >= 4 is 35.4 Å². The van der Waals surface area contributed by atoms with Crippen LogP contribution in [0.5, 0.6) is 0 Å². The van der Waals surface area contributed by atoms with E-state index in [0.717, 1.165) is 0 Å². The van der Waals surface area contributed by atoms with E-state index in [4.69, 9.17) is 0 Å². The minimum atomic E-state index is -1.15. The summed E-state index contributed by atoms with van der Waals surface area (Å²) < 4.78 is 0. The molecule has 1 aromatic rings. The highest BCUT2D eigenvalue weighted by molar-refractivity contribution is 8.01. The zero-order chi connectivity index (χ0) is 15.1. The standard InChI is InChI=1S/C11H12N4O4S2/c1-4-12-11(14-13-4)21-3-5-2-20-9-7(16)8(17)15(9)6(5)10(18)19/h7,9,16H,2-3H2,1H3,(H,18,19)(H,12,13,14)/t7-,9-/m1/s1. The fraction of sp³-hybridized carbons (Fsp3) is 0.455. The number of aryl methyl sites for hydroxylation is 1. The molecule has 1 aromatic heterocycles. The van der Waals surface area contributed by atoms with Gasteiger partial charge in [0, 0.05) is 11.5 Å². The molecule has 0 saturated carbocycles. The average Bonchev–Trinajstić information content (AvgIpc) is 2.88. The van der Waals surface area contributed by atoms with E-state index in [9.17, 15) is 19.8 Å². The van der Waals surface area contributed by atoms with E-state index in [2.05, 4.69) is 15.2 Å². The van der Waals surface area contributed by atoms with Gasteiger partial charge in [0.25, 0.3) is 5.91 Å². The molecule has 0 aliphatic carbocycles. The first-order chi connectivity index (χ1) is 9.99. The Kier molecular flexibility index (Phi) is 3.68. The van der Waals surface area contributed by atoms with Crippen LogP contribution >= 0.6 is 23.5 Å². The number of carboxylic acid groups (broad SMARTS) is 1. The molecule has 0 spiro atoms. The number of aliphatic hydroxyl groups is 1. The summed E-state index contributed by atoms with van der Waals surface area (Å²) in [5.41, 5.74) is 0.616. The molecule has 0 bridgehead atoms. The minimum Gasteiger partial charge on any atom is -0.477 e. The number of amides is 1. The minimum absolute atomic E-state index is 0.0196. The predicted octanol–water partition coefficient (Wildman–Crippen LogP) is -0.180. The Morgan fingerprint density at radius 1 is 1.62 bits per heavy atom. The summed E-state index contributed by atoms with van der Waals surface area (Å²) in [6.45, 7) is 1.78. The van der Waals surface area contributed by atoms with Gasteiger partial charge in [-0.1, -0.05) is 11.8 Å². The van der Waals surface area contributed by atoms with Crippen LogP contribution in [-0.2, 0) is 9.59 Å². The lowest BCUT2D eigenvalue weighted by Gasteiger charge is -2.47. The fourth-order valence-corrected chi connectivity index (χ4v) is 4.43. The number of carbonyl (C=O) groups excluding carboxylic acids is 1. The van der Waals surface area contributed by atoms with Crippen molar-refractivity contribution in [1.29, 1.82) is 0 Å². The van der Waals surface area contributed by atoms with Crippen LogP contribution in [0.15, 0.2) is 16.4 Å². The van der Waals surface area contributed by atoms with Gasteiger partial charge < -0.3 is 10.2 Å². The third-order valence-corrected chi connectivity index (χ3v) is 5.43. The molecule has 2 atom stereocenters. The molecule has 3 heterocycles. The SMILES string of the molecule is Cc1nc(SCC2=C(C(=O)O)N3C(=O)[C@@H](O)[C@H]3SC2)n[nH]1. The lowest BCUT2D eigenvalue weighted by atomic mass is 10.1. The molecule has 1 fully saturated rings. The molecule has 10 heteroatoms. The van der Waals surface area contributed by atoms with Crippen LogP contribution in [-0.4, -0.2) is 65.2 Å². The van der Waals surface area contributed by atoms with Crippen LogP contribution in [0, 0.1) is 6.92 Å². The van der Waals surface area contributed by atoms with E-state index in [1.807, 2.05) is 0 Å². The number of nitrogens with one attached hydrogen (secondary N) is 1. The second-order valence-corrected chi connectivity index (χ2v) is 6.65. The lowest BCUT2D eigenvalue weighted by molar-refractivity contribution is -0.159. The van der Waals surface area contributed by atoms with Gasteiger partial charge in [-0.3, -0.25) is 14.8 Å². The number of hydrogen-bond donors (Lipinski definition) is 3. The molecule has 3 rings (SSSR count). The summed E-state index contributed by atoms with van der Waals surface area (Å²) in [6.07, 6.45) is -1.10. The molecule has 0 unspecified atom stereocenters. The second kappa shape index (κ2) is 5.35. The van der Waals surface area contributed by atoms with Gasteiger partial charge >= 0.3 is 5.97 Å². The first kappa shape index (κ1) is 14.4. The number of nitrogens with zero attached hydrogens (tertiary/aromatic N) is 3. The van der Waals surface area contributed by atoms with E-state index >= 15 is 0 Å².